The fourth-order valence-corrected chi connectivity index (χ4v) is 3.20. The van der Waals surface area contributed by atoms with Gasteiger partial charge in [0, 0.05) is 5.56 Å². The second-order valence-corrected chi connectivity index (χ2v) is 7.02. The summed E-state index contributed by atoms with van der Waals surface area (Å²) in [5.74, 6) is -0.131. The van der Waals surface area contributed by atoms with Crippen LogP contribution in [-0.2, 0) is 16.1 Å². The Hall–Kier alpha value is -2.97. The third-order valence-electron chi connectivity index (χ3n) is 4.88. The Balaban J connectivity index is 1.61. The molecule has 3 rings (SSSR count). The summed E-state index contributed by atoms with van der Waals surface area (Å²) in [4.78, 5) is 13.4. The van der Waals surface area contributed by atoms with E-state index in [0.29, 0.717) is 5.71 Å². The van der Waals surface area contributed by atoms with Crippen molar-refractivity contribution in [3.8, 4) is 11.5 Å². The minimum Gasteiger partial charge on any atom is -0.496 e. The largest absolute Gasteiger partial charge is 0.496 e. The fourth-order valence-electron chi connectivity index (χ4n) is 3.20. The molecule has 0 spiro atoms. The molecule has 0 radical (unpaired) electrons. The number of rotatable bonds is 8. The van der Waals surface area contributed by atoms with Crippen molar-refractivity contribution in [1.29, 1.82) is 0 Å². The van der Waals surface area contributed by atoms with Gasteiger partial charge < -0.3 is 19.1 Å². The Morgan fingerprint density at radius 1 is 1.20 bits per heavy atom. The molecule has 1 aliphatic heterocycles. The van der Waals surface area contributed by atoms with Crippen LogP contribution in [0.3, 0.4) is 0 Å². The molecule has 1 fully saturated rings. The number of para-hydroxylation sites is 1. The molecule has 8 heteroatoms. The van der Waals surface area contributed by atoms with Crippen LogP contribution in [0.5, 0.6) is 11.5 Å². The van der Waals surface area contributed by atoms with Gasteiger partial charge in [0.25, 0.3) is 5.91 Å². The molecule has 2 N–H and O–H groups in total. The number of quaternary nitrogens is 1. The summed E-state index contributed by atoms with van der Waals surface area (Å²) in [5.41, 5.74) is 5.06. The van der Waals surface area contributed by atoms with Crippen LogP contribution in [0, 0.1) is 5.82 Å². The van der Waals surface area contributed by atoms with Crippen LogP contribution in [0.4, 0.5) is 4.39 Å². The molecule has 1 amide bonds. The maximum Gasteiger partial charge on any atom is 0.277 e. The monoisotopic (exact) mass is 416 g/mol. The van der Waals surface area contributed by atoms with Crippen molar-refractivity contribution < 1.29 is 28.3 Å². The molecule has 0 bridgehead atoms. The maximum absolute atomic E-state index is 13.5. The predicted octanol–water partition coefficient (Wildman–Crippen LogP) is 1.17. The zero-order valence-electron chi connectivity index (χ0n) is 17.2. The first kappa shape index (κ1) is 21.7. The second kappa shape index (κ2) is 10.7. The van der Waals surface area contributed by atoms with Gasteiger partial charge in [-0.25, -0.2) is 9.82 Å². The number of nitrogens with one attached hydrogen (secondary N) is 2. The highest BCUT2D eigenvalue weighted by Crippen LogP contribution is 2.20. The van der Waals surface area contributed by atoms with E-state index < -0.39 is 11.7 Å². The minimum absolute atomic E-state index is 0.0266. The number of ether oxygens (including phenoxy) is 3. The summed E-state index contributed by atoms with van der Waals surface area (Å²) < 4.78 is 29.6. The molecule has 0 unspecified atom stereocenters. The van der Waals surface area contributed by atoms with Gasteiger partial charge >= 0.3 is 0 Å². The highest BCUT2D eigenvalue weighted by atomic mass is 19.1. The molecule has 2 aromatic carbocycles. The smallest absolute Gasteiger partial charge is 0.277 e. The number of morpholine rings is 1. The molecule has 0 atom stereocenters. The van der Waals surface area contributed by atoms with Gasteiger partial charge in [-0.15, -0.1) is 0 Å². The van der Waals surface area contributed by atoms with Crippen molar-refractivity contribution in [2.24, 2.45) is 5.10 Å². The van der Waals surface area contributed by atoms with Crippen molar-refractivity contribution in [2.45, 2.75) is 13.5 Å². The first-order valence-electron chi connectivity index (χ1n) is 9.86. The molecule has 1 aliphatic rings. The molecule has 0 aliphatic carbocycles. The third-order valence-corrected chi connectivity index (χ3v) is 4.88. The number of carbonyl (C=O) groups is 1. The third kappa shape index (κ3) is 6.01. The van der Waals surface area contributed by atoms with E-state index in [-0.39, 0.29) is 12.4 Å². The molecular weight excluding hydrogens is 389 g/mol. The summed E-state index contributed by atoms with van der Waals surface area (Å²) in [6.45, 7) is 5.75. The van der Waals surface area contributed by atoms with Crippen LogP contribution in [-0.4, -0.2) is 51.6 Å². The molecule has 160 valence electrons. The van der Waals surface area contributed by atoms with E-state index in [1.165, 1.54) is 17.0 Å². The maximum atomic E-state index is 13.5. The summed E-state index contributed by atoms with van der Waals surface area (Å²) in [5, 5.41) is 4.15. The topological polar surface area (TPSA) is 73.6 Å². The van der Waals surface area contributed by atoms with Gasteiger partial charge in [-0.1, -0.05) is 12.1 Å². The Morgan fingerprint density at radius 2 is 1.97 bits per heavy atom. The standard InChI is InChI=1S/C22H26FN3O4/c1-16(24-25-22(27)15-30-21-6-4-3-5-19(21)23)17-7-8-20(28-2)18(13-17)14-26-9-11-29-12-10-26/h3-8,13H,9-12,14-15H2,1-2H3,(H,25,27)/p+1/b24-16-. The lowest BCUT2D eigenvalue weighted by Gasteiger charge is -2.24. The van der Waals surface area contributed by atoms with Crippen LogP contribution < -0.4 is 19.8 Å². The van der Waals surface area contributed by atoms with Gasteiger partial charge in [-0.2, -0.15) is 5.10 Å². The lowest BCUT2D eigenvalue weighted by Crippen LogP contribution is -3.12. The van der Waals surface area contributed by atoms with E-state index in [0.717, 1.165) is 49.7 Å². The average Bonchev–Trinajstić information content (AvgIpc) is 2.77. The van der Waals surface area contributed by atoms with Crippen molar-refractivity contribution in [3.63, 3.8) is 0 Å². The van der Waals surface area contributed by atoms with E-state index in [1.54, 1.807) is 19.2 Å². The van der Waals surface area contributed by atoms with Crippen LogP contribution in [0.25, 0.3) is 0 Å². The summed E-state index contributed by atoms with van der Waals surface area (Å²) in [6.07, 6.45) is 0. The highest BCUT2D eigenvalue weighted by Gasteiger charge is 2.17. The minimum atomic E-state index is -0.516. The molecular formula is C22H27FN3O4+. The molecule has 0 saturated carbocycles. The number of hydrogen-bond acceptors (Lipinski definition) is 5. The Kier molecular flexibility index (Phi) is 7.75. The molecule has 1 heterocycles. The Bertz CT molecular complexity index is 898. The number of hydrogen-bond donors (Lipinski definition) is 2. The lowest BCUT2D eigenvalue weighted by molar-refractivity contribution is -0.921. The molecule has 2 aromatic rings. The molecule has 30 heavy (non-hydrogen) atoms. The van der Waals surface area contributed by atoms with Crippen LogP contribution >= 0.6 is 0 Å². The summed E-state index contributed by atoms with van der Waals surface area (Å²) in [7, 11) is 1.66. The van der Waals surface area contributed by atoms with Crippen LogP contribution in [0.1, 0.15) is 18.1 Å². The number of benzene rings is 2. The van der Waals surface area contributed by atoms with E-state index in [2.05, 4.69) is 10.5 Å². The number of nitrogens with zero attached hydrogens (tertiary/aromatic N) is 1. The van der Waals surface area contributed by atoms with E-state index >= 15 is 0 Å². The molecule has 0 aromatic heterocycles. The van der Waals surface area contributed by atoms with Crippen LogP contribution in [0.15, 0.2) is 47.6 Å². The van der Waals surface area contributed by atoms with Gasteiger partial charge in [0.05, 0.1) is 26.0 Å². The Labute approximate surface area is 175 Å². The summed E-state index contributed by atoms with van der Waals surface area (Å²) in [6, 6.07) is 11.8. The average molecular weight is 416 g/mol. The second-order valence-electron chi connectivity index (χ2n) is 7.02. The van der Waals surface area contributed by atoms with E-state index in [9.17, 15) is 9.18 Å². The van der Waals surface area contributed by atoms with Gasteiger partial charge in [-0.05, 0) is 42.8 Å². The van der Waals surface area contributed by atoms with Crippen molar-refractivity contribution >= 4 is 11.6 Å². The fraction of sp³-hybridized carbons (Fsp3) is 0.364. The number of halogens is 1. The van der Waals surface area contributed by atoms with Crippen molar-refractivity contribution in [1.82, 2.24) is 5.43 Å². The van der Waals surface area contributed by atoms with E-state index in [4.69, 9.17) is 14.2 Å². The molecule has 7 nitrogen and oxygen atoms in total. The lowest BCUT2D eigenvalue weighted by atomic mass is 10.1. The van der Waals surface area contributed by atoms with Gasteiger partial charge in [0.1, 0.15) is 25.4 Å². The normalized spacial score (nSPS) is 15.0. The van der Waals surface area contributed by atoms with Crippen molar-refractivity contribution in [3.05, 3.63) is 59.4 Å². The number of amides is 1. The Morgan fingerprint density at radius 3 is 2.70 bits per heavy atom. The summed E-state index contributed by atoms with van der Waals surface area (Å²) >= 11 is 0. The number of carbonyl (C=O) groups excluding carboxylic acids is 1. The molecule has 1 saturated heterocycles. The first-order chi connectivity index (χ1) is 14.6. The number of hydrazone groups is 1. The van der Waals surface area contributed by atoms with Gasteiger partial charge in [0.2, 0.25) is 0 Å². The SMILES string of the molecule is COc1ccc(/C(C)=N\NC(=O)COc2ccccc2F)cc1C[NH+]1CCOCC1. The number of methoxy groups -OCH3 is 1. The van der Waals surface area contributed by atoms with Gasteiger partial charge in [0.15, 0.2) is 18.2 Å². The quantitative estimate of drug-likeness (QED) is 0.501. The zero-order chi connectivity index (χ0) is 21.3. The van der Waals surface area contributed by atoms with Gasteiger partial charge in [-0.3, -0.25) is 4.79 Å². The highest BCUT2D eigenvalue weighted by molar-refractivity contribution is 5.99. The van der Waals surface area contributed by atoms with Crippen molar-refractivity contribution in [2.75, 3.05) is 40.0 Å². The predicted molar refractivity (Wildman–Crippen MR) is 110 cm³/mol. The first-order valence-corrected chi connectivity index (χ1v) is 9.86. The van der Waals surface area contributed by atoms with Crippen LogP contribution in [0.2, 0.25) is 0 Å². The van der Waals surface area contributed by atoms with E-state index in [1.807, 2.05) is 25.1 Å². The zero-order valence-corrected chi connectivity index (χ0v) is 17.2.